The van der Waals surface area contributed by atoms with Crippen LogP contribution < -0.4 is 0 Å². The third-order valence-corrected chi connectivity index (χ3v) is 4.97. The van der Waals surface area contributed by atoms with Crippen LogP contribution in [-0.4, -0.2) is 17.5 Å². The zero-order valence-electron chi connectivity index (χ0n) is 16.4. The summed E-state index contributed by atoms with van der Waals surface area (Å²) in [6.45, 7) is 2.28. The highest BCUT2D eigenvalue weighted by Gasteiger charge is 2.01. The van der Waals surface area contributed by atoms with E-state index in [1.54, 1.807) is 6.29 Å². The minimum Gasteiger partial charge on any atom is -0.385 e. The van der Waals surface area contributed by atoms with E-state index < -0.39 is 6.10 Å². The van der Waals surface area contributed by atoms with Crippen LogP contribution in [0.15, 0.2) is 0 Å². The van der Waals surface area contributed by atoms with E-state index in [-0.39, 0.29) is 0 Å². The van der Waals surface area contributed by atoms with Gasteiger partial charge in [-0.25, -0.2) is 0 Å². The van der Waals surface area contributed by atoms with Crippen molar-refractivity contribution in [3.63, 3.8) is 0 Å². The quantitative estimate of drug-likeness (QED) is 0.245. The third-order valence-electron chi connectivity index (χ3n) is 4.97. The van der Waals surface area contributed by atoms with Gasteiger partial charge in [-0.1, -0.05) is 122 Å². The molecule has 0 rings (SSSR count). The molecule has 0 amide bonds. The number of aliphatic hydroxyl groups is 1. The van der Waals surface area contributed by atoms with Crippen molar-refractivity contribution >= 4 is 6.29 Å². The Morgan fingerprint density at radius 3 is 1.17 bits per heavy atom. The molecule has 1 atom stereocenters. The molecule has 2 heteroatoms. The van der Waals surface area contributed by atoms with Crippen molar-refractivity contribution in [3.8, 4) is 0 Å². The summed E-state index contributed by atoms with van der Waals surface area (Å²) in [6, 6.07) is 0. The summed E-state index contributed by atoms with van der Waals surface area (Å²) in [5, 5.41) is 9.07. The van der Waals surface area contributed by atoms with Crippen LogP contribution in [0.1, 0.15) is 129 Å². The highest BCUT2D eigenvalue weighted by Crippen LogP contribution is 2.14. The van der Waals surface area contributed by atoms with Gasteiger partial charge in [0.05, 0.1) is 0 Å². The van der Waals surface area contributed by atoms with Gasteiger partial charge in [0.1, 0.15) is 6.10 Å². The molecule has 0 aliphatic rings. The fourth-order valence-electron chi connectivity index (χ4n) is 3.30. The molecular weight excluding hydrogens is 296 g/mol. The molecule has 0 aliphatic carbocycles. The second-order valence-electron chi connectivity index (χ2n) is 7.43. The minimum absolute atomic E-state index is 0.586. The molecule has 0 aliphatic heterocycles. The molecule has 143 valence electrons. The summed E-state index contributed by atoms with van der Waals surface area (Å²) in [5.74, 6) is 0. The monoisotopic (exact) mass is 339 g/mol. The Kier molecular flexibility index (Phi) is 20.4. The first kappa shape index (κ1) is 23.6. The molecule has 0 aromatic carbocycles. The Hall–Kier alpha value is -0.370. The van der Waals surface area contributed by atoms with Crippen molar-refractivity contribution in [1.82, 2.24) is 0 Å². The standard InChI is InChI=1S/C22H43O2/c1-2-3-4-5-6-7-8-9-10-11-12-13-14-15-16-17-18-19-20-22(24)21-23/h22,24H,2-20H2,1H3. The van der Waals surface area contributed by atoms with E-state index in [2.05, 4.69) is 6.92 Å². The molecule has 0 aromatic heterocycles. The highest BCUT2D eigenvalue weighted by molar-refractivity contribution is 5.56. The summed E-state index contributed by atoms with van der Waals surface area (Å²) in [6.07, 6.45) is 25.8. The number of hydrogen-bond acceptors (Lipinski definition) is 2. The third kappa shape index (κ3) is 19.7. The number of rotatable bonds is 20. The Morgan fingerprint density at radius 1 is 0.583 bits per heavy atom. The maximum atomic E-state index is 10.1. The molecule has 24 heavy (non-hydrogen) atoms. The molecule has 0 heterocycles. The van der Waals surface area contributed by atoms with E-state index in [9.17, 15) is 4.79 Å². The first-order valence-electron chi connectivity index (χ1n) is 10.9. The second-order valence-corrected chi connectivity index (χ2v) is 7.43. The van der Waals surface area contributed by atoms with Crippen molar-refractivity contribution in [2.75, 3.05) is 0 Å². The zero-order chi connectivity index (χ0) is 17.7. The largest absolute Gasteiger partial charge is 0.385 e. The molecular formula is C22H43O2. The molecule has 1 N–H and O–H groups in total. The van der Waals surface area contributed by atoms with E-state index in [0.29, 0.717) is 6.42 Å². The fourth-order valence-corrected chi connectivity index (χ4v) is 3.30. The van der Waals surface area contributed by atoms with Crippen molar-refractivity contribution in [2.45, 2.75) is 135 Å². The summed E-state index contributed by atoms with van der Waals surface area (Å²) in [4.78, 5) is 10.1. The molecule has 2 nitrogen and oxygen atoms in total. The van der Waals surface area contributed by atoms with Gasteiger partial charge in [0.2, 0.25) is 6.29 Å². The van der Waals surface area contributed by atoms with Crippen LogP contribution in [0, 0.1) is 0 Å². The molecule has 0 aromatic rings. The second kappa shape index (κ2) is 20.7. The molecule has 1 radical (unpaired) electrons. The van der Waals surface area contributed by atoms with Crippen LogP contribution in [0.25, 0.3) is 0 Å². The lowest BCUT2D eigenvalue weighted by Crippen LogP contribution is -2.06. The van der Waals surface area contributed by atoms with Crippen LogP contribution in [0.2, 0.25) is 0 Å². The van der Waals surface area contributed by atoms with Crippen molar-refractivity contribution in [1.29, 1.82) is 0 Å². The fraction of sp³-hybridized carbons (Fsp3) is 0.955. The topological polar surface area (TPSA) is 37.3 Å². The lowest BCUT2D eigenvalue weighted by atomic mass is 10.0. The van der Waals surface area contributed by atoms with Gasteiger partial charge in [0, 0.05) is 0 Å². The summed E-state index contributed by atoms with van der Waals surface area (Å²) in [7, 11) is 0. The number of unbranched alkanes of at least 4 members (excludes halogenated alkanes) is 17. The summed E-state index contributed by atoms with van der Waals surface area (Å²) >= 11 is 0. The lowest BCUT2D eigenvalue weighted by Gasteiger charge is -2.04. The maximum absolute atomic E-state index is 10.1. The van der Waals surface area contributed by atoms with Crippen molar-refractivity contribution < 1.29 is 9.90 Å². The van der Waals surface area contributed by atoms with Gasteiger partial charge in [-0.15, -0.1) is 0 Å². The maximum Gasteiger partial charge on any atom is 0.229 e. The first-order valence-corrected chi connectivity index (χ1v) is 10.9. The van der Waals surface area contributed by atoms with Crippen LogP contribution in [0.4, 0.5) is 0 Å². The molecule has 0 saturated carbocycles. The average Bonchev–Trinajstić information content (AvgIpc) is 2.60. The predicted molar refractivity (Wildman–Crippen MR) is 105 cm³/mol. The Balaban J connectivity index is 2.99. The van der Waals surface area contributed by atoms with Crippen LogP contribution in [0.5, 0.6) is 0 Å². The van der Waals surface area contributed by atoms with Crippen LogP contribution in [0.3, 0.4) is 0 Å². The molecule has 0 fully saturated rings. The zero-order valence-corrected chi connectivity index (χ0v) is 16.4. The minimum atomic E-state index is -0.856. The SMILES string of the molecule is CCCCCCCCCCCCCCCCCCCCC(O)[C]=O. The van der Waals surface area contributed by atoms with Gasteiger partial charge in [-0.2, -0.15) is 0 Å². The molecule has 0 saturated heterocycles. The van der Waals surface area contributed by atoms with Gasteiger partial charge in [0.15, 0.2) is 0 Å². The number of aliphatic hydroxyl groups excluding tert-OH is 1. The lowest BCUT2D eigenvalue weighted by molar-refractivity contribution is 0.219. The summed E-state index contributed by atoms with van der Waals surface area (Å²) < 4.78 is 0. The molecule has 1 unspecified atom stereocenters. The number of hydrogen-bond donors (Lipinski definition) is 1. The van der Waals surface area contributed by atoms with E-state index >= 15 is 0 Å². The van der Waals surface area contributed by atoms with Crippen LogP contribution >= 0.6 is 0 Å². The van der Waals surface area contributed by atoms with E-state index in [0.717, 1.165) is 12.8 Å². The van der Waals surface area contributed by atoms with Gasteiger partial charge in [-0.3, -0.25) is 4.79 Å². The summed E-state index contributed by atoms with van der Waals surface area (Å²) in [5.41, 5.74) is 0. The van der Waals surface area contributed by atoms with Gasteiger partial charge >= 0.3 is 0 Å². The van der Waals surface area contributed by atoms with Gasteiger partial charge in [0.25, 0.3) is 0 Å². The van der Waals surface area contributed by atoms with Crippen LogP contribution in [-0.2, 0) is 4.79 Å². The Labute approximate surface area is 151 Å². The first-order chi connectivity index (χ1) is 11.8. The van der Waals surface area contributed by atoms with E-state index in [1.165, 1.54) is 103 Å². The molecule has 0 bridgehead atoms. The van der Waals surface area contributed by atoms with Gasteiger partial charge in [-0.05, 0) is 6.42 Å². The smallest absolute Gasteiger partial charge is 0.229 e. The normalized spacial score (nSPS) is 12.4. The van der Waals surface area contributed by atoms with Gasteiger partial charge < -0.3 is 5.11 Å². The Morgan fingerprint density at radius 2 is 0.875 bits per heavy atom. The predicted octanol–water partition coefficient (Wildman–Crippen LogP) is 6.89. The average molecular weight is 340 g/mol. The Bertz CT molecular complexity index is 240. The van der Waals surface area contributed by atoms with E-state index in [4.69, 9.17) is 5.11 Å². The van der Waals surface area contributed by atoms with Crippen molar-refractivity contribution in [2.24, 2.45) is 0 Å². The highest BCUT2D eigenvalue weighted by atomic mass is 16.3. The van der Waals surface area contributed by atoms with Crippen molar-refractivity contribution in [3.05, 3.63) is 0 Å². The number of carbonyl (C=O) groups excluding carboxylic acids is 1. The van der Waals surface area contributed by atoms with E-state index in [1.807, 2.05) is 0 Å². The molecule has 0 spiro atoms.